The van der Waals surface area contributed by atoms with Gasteiger partial charge in [-0.05, 0) is 56.2 Å². The van der Waals surface area contributed by atoms with Gasteiger partial charge in [0.05, 0.1) is 12.5 Å². The number of hydrogen-bond donors (Lipinski definition) is 7. The Kier molecular flexibility index (Phi) is 31.8. The molecule has 0 saturated carbocycles. The zero-order valence-corrected chi connectivity index (χ0v) is 29.4. The van der Waals surface area contributed by atoms with Crippen molar-refractivity contribution < 1.29 is 38.1 Å². The highest BCUT2D eigenvalue weighted by Gasteiger charge is 2.23. The van der Waals surface area contributed by atoms with Crippen molar-refractivity contribution in [2.75, 3.05) is 31.2 Å². The molecule has 0 bridgehead atoms. The SMILES string of the molecule is CC.CCC.CCC(=O)NC(CSO)C(=O)NCC(=O)NC(CCCNC)C(=O)Nc1ccc(COC(=O)C(C)C)cc1.NC=O. The zero-order valence-electron chi connectivity index (χ0n) is 28.6. The lowest BCUT2D eigenvalue weighted by atomic mass is 10.1. The van der Waals surface area contributed by atoms with Crippen LogP contribution in [0.1, 0.15) is 79.7 Å². The van der Waals surface area contributed by atoms with Crippen molar-refractivity contribution in [2.45, 2.75) is 92.8 Å². The Balaban J connectivity index is -0.00000209. The highest BCUT2D eigenvalue weighted by atomic mass is 32.2. The van der Waals surface area contributed by atoms with Gasteiger partial charge in [0.15, 0.2) is 0 Å². The van der Waals surface area contributed by atoms with Crippen LogP contribution in [0.25, 0.3) is 0 Å². The average Bonchev–Trinajstić information content (AvgIpc) is 3.04. The first kappa shape index (κ1) is 46.7. The summed E-state index contributed by atoms with van der Waals surface area (Å²) in [4.78, 5) is 69.6. The fraction of sp³-hybridized carbons (Fsp3) is 0.613. The average molecular weight is 673 g/mol. The minimum Gasteiger partial charge on any atom is -0.461 e. The van der Waals surface area contributed by atoms with Gasteiger partial charge < -0.3 is 41.6 Å². The third-order valence-corrected chi connectivity index (χ3v) is 5.76. The number of amides is 5. The van der Waals surface area contributed by atoms with Crippen LogP contribution in [0.15, 0.2) is 24.3 Å². The van der Waals surface area contributed by atoms with E-state index in [0.717, 1.165) is 5.56 Å². The Morgan fingerprint density at radius 2 is 1.50 bits per heavy atom. The van der Waals surface area contributed by atoms with Crippen LogP contribution < -0.4 is 32.3 Å². The predicted molar refractivity (Wildman–Crippen MR) is 183 cm³/mol. The van der Waals surface area contributed by atoms with E-state index in [1.165, 1.54) is 6.42 Å². The quantitative estimate of drug-likeness (QED) is 0.0555. The van der Waals surface area contributed by atoms with Gasteiger partial charge in [0.25, 0.3) is 0 Å². The highest BCUT2D eigenvalue weighted by Crippen LogP contribution is 2.12. The Morgan fingerprint density at radius 3 is 1.98 bits per heavy atom. The van der Waals surface area contributed by atoms with Gasteiger partial charge in [0, 0.05) is 17.9 Å². The third kappa shape index (κ3) is 24.6. The minimum atomic E-state index is -1.00. The number of benzene rings is 1. The van der Waals surface area contributed by atoms with Crippen molar-refractivity contribution in [3.63, 3.8) is 0 Å². The molecule has 0 aliphatic carbocycles. The monoisotopic (exact) mass is 672 g/mol. The maximum Gasteiger partial charge on any atom is 0.308 e. The standard InChI is InChI=1S/C25H39N5O7S.C3H8.C2H6.CH3NO/c1-5-21(31)30-20(15-38-36)23(33)27-13-22(32)29-19(7-6-12-26-4)24(34)28-18-10-8-17(9-11-18)14-37-25(35)16(2)3;1-3-2;1-2;2-1-3/h8-11,16,19-20,26,36H,5-7,12-15H2,1-4H3,(H,27,33)(H,28,34)(H,29,32)(H,30,31);3H2,1-2H3;1-2H3;1H,(H2,2,3). The van der Waals surface area contributed by atoms with Crippen LogP contribution in [0.3, 0.4) is 0 Å². The number of rotatable bonds is 17. The van der Waals surface area contributed by atoms with Crippen molar-refractivity contribution in [2.24, 2.45) is 11.7 Å². The second-order valence-corrected chi connectivity index (χ2v) is 10.2. The predicted octanol–water partition coefficient (Wildman–Crippen LogP) is 2.57. The summed E-state index contributed by atoms with van der Waals surface area (Å²) in [5, 5.41) is 13.3. The van der Waals surface area contributed by atoms with Gasteiger partial charge in [-0.3, -0.25) is 28.8 Å². The van der Waals surface area contributed by atoms with E-state index in [0.29, 0.717) is 37.1 Å². The fourth-order valence-electron chi connectivity index (χ4n) is 3.08. The smallest absolute Gasteiger partial charge is 0.308 e. The molecular formula is C31H56N6O8S. The van der Waals surface area contributed by atoms with Gasteiger partial charge in [-0.15, -0.1) is 0 Å². The van der Waals surface area contributed by atoms with Crippen LogP contribution >= 0.6 is 12.0 Å². The summed E-state index contributed by atoms with van der Waals surface area (Å²) < 4.78 is 14.3. The van der Waals surface area contributed by atoms with E-state index >= 15 is 0 Å². The van der Waals surface area contributed by atoms with E-state index in [4.69, 9.17) is 14.1 Å². The number of nitrogens with two attached hydrogens (primary N) is 1. The molecule has 5 amide bonds. The molecule has 15 heteroatoms. The van der Waals surface area contributed by atoms with Crippen molar-refractivity contribution in [1.82, 2.24) is 21.3 Å². The topological polar surface area (TPSA) is 218 Å². The summed E-state index contributed by atoms with van der Waals surface area (Å²) in [7, 11) is 1.78. The second kappa shape index (κ2) is 31.3. The normalized spacial score (nSPS) is 10.9. The molecule has 0 aliphatic heterocycles. The van der Waals surface area contributed by atoms with Gasteiger partial charge in [-0.2, -0.15) is 0 Å². The lowest BCUT2D eigenvalue weighted by Crippen LogP contribution is -2.52. The molecule has 1 rings (SSSR count). The van der Waals surface area contributed by atoms with E-state index < -0.39 is 36.3 Å². The molecule has 0 aliphatic rings. The molecule has 2 atom stereocenters. The largest absolute Gasteiger partial charge is 0.461 e. The first-order valence-electron chi connectivity index (χ1n) is 15.4. The van der Waals surface area contributed by atoms with Gasteiger partial charge >= 0.3 is 5.97 Å². The summed E-state index contributed by atoms with van der Waals surface area (Å²) in [6, 6.07) is 4.94. The number of carbonyl (C=O) groups excluding carboxylic acids is 6. The summed E-state index contributed by atoms with van der Waals surface area (Å²) in [5.41, 5.74) is 5.44. The number of hydrogen-bond acceptors (Lipinski definition) is 10. The van der Waals surface area contributed by atoms with Crippen molar-refractivity contribution >= 4 is 53.7 Å². The van der Waals surface area contributed by atoms with E-state index in [1.54, 1.807) is 52.1 Å². The Morgan fingerprint density at radius 1 is 0.957 bits per heavy atom. The molecule has 46 heavy (non-hydrogen) atoms. The lowest BCUT2D eigenvalue weighted by molar-refractivity contribution is -0.148. The molecule has 2 unspecified atom stereocenters. The van der Waals surface area contributed by atoms with E-state index in [2.05, 4.69) is 46.2 Å². The maximum atomic E-state index is 12.9. The van der Waals surface area contributed by atoms with Crippen LogP contribution in [0.4, 0.5) is 5.69 Å². The molecule has 0 saturated heterocycles. The second-order valence-electron chi connectivity index (χ2n) is 9.64. The Hall–Kier alpha value is -3.69. The Labute approximate surface area is 278 Å². The van der Waals surface area contributed by atoms with Crippen LogP contribution in [-0.4, -0.2) is 78.5 Å². The van der Waals surface area contributed by atoms with Crippen LogP contribution in [0.2, 0.25) is 0 Å². The van der Waals surface area contributed by atoms with E-state index in [9.17, 15) is 24.0 Å². The van der Waals surface area contributed by atoms with Crippen LogP contribution in [0.5, 0.6) is 0 Å². The third-order valence-electron chi connectivity index (χ3n) is 5.28. The zero-order chi connectivity index (χ0) is 35.9. The number of nitrogens with one attached hydrogen (secondary N) is 5. The Bertz CT molecular complexity index is 996. The van der Waals surface area contributed by atoms with E-state index in [1.807, 2.05) is 13.8 Å². The summed E-state index contributed by atoms with van der Waals surface area (Å²) in [5.74, 6) is -2.60. The molecule has 0 heterocycles. The molecule has 0 radical (unpaired) electrons. The van der Waals surface area contributed by atoms with Crippen molar-refractivity contribution in [3.05, 3.63) is 29.8 Å². The van der Waals surface area contributed by atoms with Crippen molar-refractivity contribution in [3.8, 4) is 0 Å². The van der Waals surface area contributed by atoms with E-state index in [-0.39, 0.29) is 43.0 Å². The first-order valence-corrected chi connectivity index (χ1v) is 16.4. The van der Waals surface area contributed by atoms with Crippen LogP contribution in [-0.2, 0) is 40.1 Å². The summed E-state index contributed by atoms with van der Waals surface area (Å²) in [6.45, 7) is 13.7. The number of anilines is 1. The van der Waals surface area contributed by atoms with Gasteiger partial charge in [-0.25, -0.2) is 0 Å². The fourth-order valence-corrected chi connectivity index (χ4v) is 3.46. The molecule has 1 aromatic rings. The molecule has 0 aromatic heterocycles. The lowest BCUT2D eigenvalue weighted by Gasteiger charge is -2.20. The van der Waals surface area contributed by atoms with Crippen LogP contribution in [0, 0.1) is 5.92 Å². The van der Waals surface area contributed by atoms with Gasteiger partial charge in [0.2, 0.25) is 30.0 Å². The summed E-state index contributed by atoms with van der Waals surface area (Å²) >= 11 is 0.400. The number of primary amides is 1. The molecule has 0 fully saturated rings. The molecular weight excluding hydrogens is 616 g/mol. The highest BCUT2D eigenvalue weighted by molar-refractivity contribution is 7.93. The van der Waals surface area contributed by atoms with Gasteiger partial charge in [-0.1, -0.05) is 67.0 Å². The molecule has 0 spiro atoms. The maximum absolute atomic E-state index is 12.9. The molecule has 14 nitrogen and oxygen atoms in total. The van der Waals surface area contributed by atoms with Crippen molar-refractivity contribution in [1.29, 1.82) is 0 Å². The number of carbonyl (C=O) groups is 6. The minimum absolute atomic E-state index is 0.0762. The molecule has 264 valence electrons. The first-order chi connectivity index (χ1) is 21.9. The molecule has 1 aromatic carbocycles. The van der Waals surface area contributed by atoms with Gasteiger partial charge in [0.1, 0.15) is 18.7 Å². The summed E-state index contributed by atoms with van der Waals surface area (Å²) in [6.07, 6.45) is 2.63. The number of ether oxygens (including phenoxy) is 1. The number of esters is 1. The molecule has 8 N–H and O–H groups in total.